The van der Waals surface area contributed by atoms with E-state index in [2.05, 4.69) is 45.1 Å². The van der Waals surface area contributed by atoms with Crippen molar-refractivity contribution < 1.29 is 19.1 Å². The summed E-state index contributed by atoms with van der Waals surface area (Å²) in [5.74, 6) is -0.272. The fourth-order valence-corrected chi connectivity index (χ4v) is 1.66. The molecule has 0 N–H and O–H groups in total. The summed E-state index contributed by atoms with van der Waals surface area (Å²) in [5, 5.41) is 0. The summed E-state index contributed by atoms with van der Waals surface area (Å²) in [7, 11) is 0. The van der Waals surface area contributed by atoms with Crippen molar-refractivity contribution >= 4 is 12.1 Å². The molecule has 0 amide bonds. The van der Waals surface area contributed by atoms with Crippen LogP contribution in [-0.4, -0.2) is 18.7 Å². The van der Waals surface area contributed by atoms with Gasteiger partial charge in [-0.15, -0.1) is 0 Å². The van der Waals surface area contributed by atoms with Gasteiger partial charge in [-0.05, 0) is 41.0 Å². The van der Waals surface area contributed by atoms with Crippen LogP contribution in [0.4, 0.5) is 0 Å². The van der Waals surface area contributed by atoms with Gasteiger partial charge in [-0.1, -0.05) is 84.4 Å². The predicted octanol–water partition coefficient (Wildman–Crippen LogP) is 5.83. The summed E-state index contributed by atoms with van der Waals surface area (Å²) in [5.41, 5.74) is 4.27. The summed E-state index contributed by atoms with van der Waals surface area (Å²) in [6, 6.07) is 0. The van der Waals surface area contributed by atoms with Gasteiger partial charge in [-0.2, -0.15) is 9.59 Å². The van der Waals surface area contributed by atoms with Crippen molar-refractivity contribution in [2.45, 2.75) is 48.0 Å². The maximum Gasteiger partial charge on any atom is 0.373 e. The fraction of sp³-hybridized carbons (Fsp3) is 0.333. The van der Waals surface area contributed by atoms with E-state index in [0.29, 0.717) is 12.2 Å². The average molecular weight is 385 g/mol. The Balaban J connectivity index is 0. The number of rotatable bonds is 9. The lowest BCUT2D eigenvalue weighted by Gasteiger charge is -1.99. The zero-order valence-corrected chi connectivity index (χ0v) is 17.8. The molecule has 0 aromatic carbocycles. The Kier molecular flexibility index (Phi) is 18.3. The van der Waals surface area contributed by atoms with Crippen molar-refractivity contribution in [3.8, 4) is 0 Å². The van der Waals surface area contributed by atoms with Crippen LogP contribution >= 0.6 is 0 Å². The van der Waals surface area contributed by atoms with E-state index in [0.717, 1.165) is 12.0 Å². The number of allylic oxidation sites excluding steroid dienone is 13. The molecule has 4 nitrogen and oxygen atoms in total. The Morgan fingerprint density at radius 2 is 1.25 bits per heavy atom. The van der Waals surface area contributed by atoms with Gasteiger partial charge in [0.2, 0.25) is 0 Å². The predicted molar refractivity (Wildman–Crippen MR) is 114 cm³/mol. The molecule has 0 aliphatic heterocycles. The number of carbonyl (C=O) groups is 1. The lowest BCUT2D eigenvalue weighted by Crippen LogP contribution is -2.04. The van der Waals surface area contributed by atoms with Crippen molar-refractivity contribution in [1.82, 2.24) is 0 Å². The standard InChI is InChI=1S/C23H32O2.CO2/c1-7-19(3)15-11-16-20(4)13-9-10-14-21(5)17-12-18-22(6)23(24)25-8-2;2-1-3/h9-18H,7-8H2,1-6H3;/b10-9+,16-11+,17-12+,19-15+,20-13+,21-14+,22-18+;. The fourth-order valence-electron chi connectivity index (χ4n) is 1.66. The van der Waals surface area contributed by atoms with E-state index in [1.165, 1.54) is 11.1 Å². The lowest BCUT2D eigenvalue weighted by molar-refractivity contribution is -0.191. The third-order valence-electron chi connectivity index (χ3n) is 3.43. The van der Waals surface area contributed by atoms with Gasteiger partial charge in [0.25, 0.3) is 0 Å². The number of hydrogen-bond acceptors (Lipinski definition) is 4. The quantitative estimate of drug-likeness (QED) is 0.285. The summed E-state index contributed by atoms with van der Waals surface area (Å²) in [4.78, 5) is 27.7. The van der Waals surface area contributed by atoms with E-state index in [9.17, 15) is 4.79 Å². The molecule has 28 heavy (non-hydrogen) atoms. The van der Waals surface area contributed by atoms with Crippen LogP contribution in [0.1, 0.15) is 48.0 Å². The highest BCUT2D eigenvalue weighted by Gasteiger charge is 2.01. The molecule has 0 aromatic heterocycles. The minimum Gasteiger partial charge on any atom is -0.463 e. The van der Waals surface area contributed by atoms with Gasteiger partial charge in [-0.3, -0.25) is 0 Å². The zero-order valence-electron chi connectivity index (χ0n) is 17.8. The van der Waals surface area contributed by atoms with Crippen molar-refractivity contribution in [3.05, 3.63) is 83.1 Å². The van der Waals surface area contributed by atoms with Gasteiger partial charge in [0.15, 0.2) is 0 Å². The molecular weight excluding hydrogens is 352 g/mol. The third-order valence-corrected chi connectivity index (χ3v) is 3.43. The minimum absolute atomic E-state index is 0.250. The second kappa shape index (κ2) is 18.8. The first kappa shape index (κ1) is 27.3. The van der Waals surface area contributed by atoms with Crippen LogP contribution in [0.5, 0.6) is 0 Å². The molecule has 0 fully saturated rings. The number of hydrogen-bond donors (Lipinski definition) is 0. The van der Waals surface area contributed by atoms with Crippen molar-refractivity contribution in [2.24, 2.45) is 0 Å². The van der Waals surface area contributed by atoms with E-state index in [1.54, 1.807) is 19.9 Å². The highest BCUT2D eigenvalue weighted by molar-refractivity contribution is 5.88. The molecule has 0 saturated heterocycles. The molecular formula is C24H32O4. The summed E-state index contributed by atoms with van der Waals surface area (Å²) < 4.78 is 4.93. The molecule has 0 atom stereocenters. The molecule has 0 heterocycles. The first-order chi connectivity index (χ1) is 13.3. The van der Waals surface area contributed by atoms with Crippen LogP contribution in [-0.2, 0) is 19.1 Å². The average Bonchev–Trinajstić information content (AvgIpc) is 2.65. The van der Waals surface area contributed by atoms with Gasteiger partial charge in [0.05, 0.1) is 6.61 Å². The molecule has 0 saturated carbocycles. The topological polar surface area (TPSA) is 60.4 Å². The van der Waals surface area contributed by atoms with Gasteiger partial charge in [0, 0.05) is 5.57 Å². The maximum atomic E-state index is 11.5. The van der Waals surface area contributed by atoms with Crippen LogP contribution in [0.15, 0.2) is 83.1 Å². The Hall–Kier alpha value is -2.97. The Bertz CT molecular complexity index is 705. The molecule has 0 aliphatic carbocycles. The molecule has 0 radical (unpaired) electrons. The molecule has 0 bridgehead atoms. The van der Waals surface area contributed by atoms with Crippen molar-refractivity contribution in [1.29, 1.82) is 0 Å². The van der Waals surface area contributed by atoms with Gasteiger partial charge >= 0.3 is 12.1 Å². The molecule has 0 unspecified atom stereocenters. The van der Waals surface area contributed by atoms with Crippen molar-refractivity contribution in [3.63, 3.8) is 0 Å². The first-order valence-electron chi connectivity index (χ1n) is 9.19. The SMILES string of the molecule is CCOC(=O)/C(C)=C/C=C/C(C)=C/C=C/C=C(C)/C=C/C=C(\C)CC.O=C=O. The summed E-state index contributed by atoms with van der Waals surface area (Å²) in [6.45, 7) is 12.3. The van der Waals surface area contributed by atoms with Crippen LogP contribution in [0.2, 0.25) is 0 Å². The number of esters is 1. The molecule has 0 rings (SSSR count). The minimum atomic E-state index is -0.272. The van der Waals surface area contributed by atoms with E-state index >= 15 is 0 Å². The Morgan fingerprint density at radius 1 is 0.786 bits per heavy atom. The van der Waals surface area contributed by atoms with Gasteiger partial charge < -0.3 is 4.74 Å². The summed E-state index contributed by atoms with van der Waals surface area (Å²) >= 11 is 0. The highest BCUT2D eigenvalue weighted by atomic mass is 16.5. The second-order valence-corrected chi connectivity index (χ2v) is 5.94. The highest BCUT2D eigenvalue weighted by Crippen LogP contribution is 2.03. The Morgan fingerprint density at radius 3 is 1.68 bits per heavy atom. The zero-order chi connectivity index (χ0) is 21.8. The Labute approximate surface area is 169 Å². The van der Waals surface area contributed by atoms with Crippen molar-refractivity contribution in [2.75, 3.05) is 6.61 Å². The van der Waals surface area contributed by atoms with Crippen LogP contribution in [0, 0.1) is 0 Å². The number of carbonyl (C=O) groups excluding carboxylic acids is 3. The van der Waals surface area contributed by atoms with E-state index < -0.39 is 0 Å². The van der Waals surface area contributed by atoms with Crippen LogP contribution in [0.3, 0.4) is 0 Å². The van der Waals surface area contributed by atoms with Gasteiger partial charge in [-0.25, -0.2) is 4.79 Å². The third kappa shape index (κ3) is 17.8. The number of ether oxygens (including phenoxy) is 1. The van der Waals surface area contributed by atoms with E-state index in [4.69, 9.17) is 14.3 Å². The molecule has 0 spiro atoms. The maximum absolute atomic E-state index is 11.5. The largest absolute Gasteiger partial charge is 0.463 e. The molecule has 4 heteroatoms. The normalized spacial score (nSPS) is 13.6. The van der Waals surface area contributed by atoms with Crippen LogP contribution in [0.25, 0.3) is 0 Å². The van der Waals surface area contributed by atoms with E-state index in [-0.39, 0.29) is 12.1 Å². The first-order valence-corrected chi connectivity index (χ1v) is 9.19. The van der Waals surface area contributed by atoms with E-state index in [1.807, 2.05) is 37.3 Å². The monoisotopic (exact) mass is 384 g/mol. The summed E-state index contributed by atoms with van der Waals surface area (Å²) in [6.07, 6.45) is 21.4. The van der Waals surface area contributed by atoms with Gasteiger partial charge in [0.1, 0.15) is 0 Å². The second-order valence-electron chi connectivity index (χ2n) is 5.94. The molecule has 0 aliphatic rings. The molecule has 0 aromatic rings. The molecule has 152 valence electrons. The lowest BCUT2D eigenvalue weighted by atomic mass is 10.2. The van der Waals surface area contributed by atoms with Crippen LogP contribution < -0.4 is 0 Å². The smallest absolute Gasteiger partial charge is 0.373 e.